The molecule has 2 N–H and O–H groups in total. The van der Waals surface area contributed by atoms with Gasteiger partial charge in [0.1, 0.15) is 5.25 Å². The number of fused-ring (bicyclic) bond motifs is 1. The summed E-state index contributed by atoms with van der Waals surface area (Å²) in [5.41, 5.74) is 7.12. The Labute approximate surface area is 109 Å². The summed E-state index contributed by atoms with van der Waals surface area (Å²) >= 11 is 3.56. The molecule has 0 spiro atoms. The minimum atomic E-state index is 0.0234. The van der Waals surface area contributed by atoms with Crippen molar-refractivity contribution in [2.24, 2.45) is 5.73 Å². The van der Waals surface area contributed by atoms with E-state index in [0.29, 0.717) is 0 Å². The number of nitrogens with zero attached hydrogens (tertiary/aromatic N) is 1. The monoisotopic (exact) mass is 268 g/mol. The van der Waals surface area contributed by atoms with Crippen LogP contribution >= 0.6 is 23.1 Å². The van der Waals surface area contributed by atoms with Crippen molar-refractivity contribution < 1.29 is 4.79 Å². The van der Waals surface area contributed by atoms with Gasteiger partial charge in [-0.15, -0.1) is 23.1 Å². The second-order valence-corrected chi connectivity index (χ2v) is 6.85. The predicted octanol–water partition coefficient (Wildman–Crippen LogP) is 1.64. The average Bonchev–Trinajstić information content (AvgIpc) is 2.95. The maximum absolute atomic E-state index is 12.5. The van der Waals surface area contributed by atoms with Crippen LogP contribution in [0.1, 0.15) is 22.1 Å². The molecule has 0 saturated carbocycles. The molecule has 17 heavy (non-hydrogen) atoms. The molecule has 0 bridgehead atoms. The minimum Gasteiger partial charge on any atom is -0.340 e. The van der Waals surface area contributed by atoms with Gasteiger partial charge >= 0.3 is 0 Å². The third-order valence-electron chi connectivity index (χ3n) is 3.44. The van der Waals surface area contributed by atoms with Crippen molar-refractivity contribution >= 4 is 29.0 Å². The molecule has 1 fully saturated rings. The van der Waals surface area contributed by atoms with E-state index in [1.54, 1.807) is 23.1 Å². The number of amides is 1. The first-order valence-electron chi connectivity index (χ1n) is 5.98. The van der Waals surface area contributed by atoms with Crippen LogP contribution in [0.3, 0.4) is 0 Å². The van der Waals surface area contributed by atoms with E-state index in [1.165, 1.54) is 10.4 Å². The van der Waals surface area contributed by atoms with Crippen LogP contribution in [-0.4, -0.2) is 35.7 Å². The molecule has 92 valence electrons. The normalized spacial score (nSPS) is 28.2. The highest BCUT2D eigenvalue weighted by Crippen LogP contribution is 2.40. The van der Waals surface area contributed by atoms with Crippen molar-refractivity contribution in [1.82, 2.24) is 4.90 Å². The van der Waals surface area contributed by atoms with Gasteiger partial charge in [0.05, 0.1) is 0 Å². The largest absolute Gasteiger partial charge is 0.340 e. The molecule has 0 unspecified atom stereocenters. The third-order valence-corrected chi connectivity index (χ3v) is 5.66. The molecule has 1 aromatic rings. The molecule has 1 amide bonds. The van der Waals surface area contributed by atoms with E-state index in [2.05, 4.69) is 11.4 Å². The van der Waals surface area contributed by atoms with Gasteiger partial charge in [0.15, 0.2) is 0 Å². The number of hydrogen-bond donors (Lipinski definition) is 1. The number of rotatable bonds is 1. The highest BCUT2D eigenvalue weighted by Gasteiger charge is 2.33. The van der Waals surface area contributed by atoms with E-state index >= 15 is 0 Å². The number of aryl methyl sites for hydroxylation is 1. The molecular formula is C12H16N2OS2. The second-order valence-electron chi connectivity index (χ2n) is 4.63. The SMILES string of the molecule is N[C@@H]1CCN(C(=O)[C@H]2SCCc3sccc32)C1. The molecule has 0 aliphatic carbocycles. The number of carbonyl (C=O) groups excluding carboxylic acids is 1. The van der Waals surface area contributed by atoms with Crippen LogP contribution in [0.4, 0.5) is 0 Å². The minimum absolute atomic E-state index is 0.0234. The van der Waals surface area contributed by atoms with Crippen molar-refractivity contribution in [2.45, 2.75) is 24.1 Å². The summed E-state index contributed by atoms with van der Waals surface area (Å²) in [5.74, 6) is 1.33. The molecular weight excluding hydrogens is 252 g/mol. The van der Waals surface area contributed by atoms with Crippen molar-refractivity contribution in [2.75, 3.05) is 18.8 Å². The first-order valence-corrected chi connectivity index (χ1v) is 7.91. The molecule has 2 aliphatic heterocycles. The lowest BCUT2D eigenvalue weighted by atomic mass is 10.1. The van der Waals surface area contributed by atoms with Gasteiger partial charge in [0, 0.05) is 24.0 Å². The summed E-state index contributed by atoms with van der Waals surface area (Å²) < 4.78 is 0. The number of carbonyl (C=O) groups is 1. The topological polar surface area (TPSA) is 46.3 Å². The van der Waals surface area contributed by atoms with Crippen LogP contribution in [-0.2, 0) is 11.2 Å². The number of likely N-dealkylation sites (tertiary alicyclic amines) is 1. The molecule has 1 aromatic heterocycles. The fraction of sp³-hybridized carbons (Fsp3) is 0.583. The van der Waals surface area contributed by atoms with Crippen molar-refractivity contribution in [3.05, 3.63) is 21.9 Å². The standard InChI is InChI=1S/C12H16N2OS2/c13-8-1-4-14(7-8)12(15)11-9-2-5-16-10(9)3-6-17-11/h2,5,8,11H,1,3-4,6-7,13H2/t8-,11+/m1/s1. The fourth-order valence-corrected chi connectivity index (χ4v) is 4.88. The molecule has 3 rings (SSSR count). The molecule has 3 nitrogen and oxygen atoms in total. The van der Waals surface area contributed by atoms with Gasteiger partial charge in [-0.1, -0.05) is 0 Å². The van der Waals surface area contributed by atoms with Crippen LogP contribution in [0.25, 0.3) is 0 Å². The maximum Gasteiger partial charge on any atom is 0.240 e. The van der Waals surface area contributed by atoms with Gasteiger partial charge in [-0.3, -0.25) is 4.79 Å². The van der Waals surface area contributed by atoms with Gasteiger partial charge in [0.2, 0.25) is 5.91 Å². The predicted molar refractivity (Wildman–Crippen MR) is 72.4 cm³/mol. The van der Waals surface area contributed by atoms with E-state index in [1.807, 2.05) is 4.90 Å². The first kappa shape index (κ1) is 11.6. The Balaban J connectivity index is 1.80. The Kier molecular flexibility index (Phi) is 3.15. The summed E-state index contributed by atoms with van der Waals surface area (Å²) in [5, 5.41) is 2.13. The van der Waals surface area contributed by atoms with Crippen LogP contribution in [0, 0.1) is 0 Å². The lowest BCUT2D eigenvalue weighted by Crippen LogP contribution is -2.35. The third kappa shape index (κ3) is 2.11. The van der Waals surface area contributed by atoms with E-state index in [4.69, 9.17) is 5.73 Å². The zero-order valence-electron chi connectivity index (χ0n) is 9.59. The lowest BCUT2D eigenvalue weighted by molar-refractivity contribution is -0.129. The molecule has 0 radical (unpaired) electrons. The van der Waals surface area contributed by atoms with Gasteiger partial charge in [-0.25, -0.2) is 0 Å². The Morgan fingerprint density at radius 3 is 3.18 bits per heavy atom. The lowest BCUT2D eigenvalue weighted by Gasteiger charge is -2.26. The van der Waals surface area contributed by atoms with E-state index in [9.17, 15) is 4.79 Å². The molecule has 1 saturated heterocycles. The summed E-state index contributed by atoms with van der Waals surface area (Å²) in [6.07, 6.45) is 2.06. The number of hydrogen-bond acceptors (Lipinski definition) is 4. The van der Waals surface area contributed by atoms with Gasteiger partial charge < -0.3 is 10.6 Å². The smallest absolute Gasteiger partial charge is 0.240 e. The van der Waals surface area contributed by atoms with E-state index in [0.717, 1.165) is 31.7 Å². The number of thioether (sulfide) groups is 1. The van der Waals surface area contributed by atoms with Crippen LogP contribution < -0.4 is 5.73 Å². The van der Waals surface area contributed by atoms with Crippen molar-refractivity contribution in [1.29, 1.82) is 0 Å². The summed E-state index contributed by atoms with van der Waals surface area (Å²) in [6.45, 7) is 1.56. The second kappa shape index (κ2) is 4.63. The quantitative estimate of drug-likeness (QED) is 0.842. The highest BCUT2D eigenvalue weighted by molar-refractivity contribution is 8.00. The number of nitrogens with two attached hydrogens (primary N) is 1. The van der Waals surface area contributed by atoms with E-state index in [-0.39, 0.29) is 17.2 Å². The Bertz CT molecular complexity index is 432. The first-order chi connectivity index (χ1) is 8.25. The molecule has 3 heterocycles. The van der Waals surface area contributed by atoms with E-state index < -0.39 is 0 Å². The van der Waals surface area contributed by atoms with Gasteiger partial charge in [0.25, 0.3) is 0 Å². The zero-order chi connectivity index (χ0) is 11.8. The van der Waals surface area contributed by atoms with Crippen molar-refractivity contribution in [3.8, 4) is 0 Å². The Morgan fingerprint density at radius 1 is 1.53 bits per heavy atom. The zero-order valence-corrected chi connectivity index (χ0v) is 11.2. The summed E-state index contributed by atoms with van der Waals surface area (Å²) in [7, 11) is 0. The average molecular weight is 268 g/mol. The Hall–Kier alpha value is -0.520. The maximum atomic E-state index is 12.5. The van der Waals surface area contributed by atoms with Crippen LogP contribution in [0.2, 0.25) is 0 Å². The fourth-order valence-electron chi connectivity index (χ4n) is 2.50. The van der Waals surface area contributed by atoms with Crippen molar-refractivity contribution in [3.63, 3.8) is 0 Å². The molecule has 0 aromatic carbocycles. The Morgan fingerprint density at radius 2 is 2.41 bits per heavy atom. The molecule has 2 atom stereocenters. The summed E-state index contributed by atoms with van der Waals surface area (Å²) in [4.78, 5) is 15.8. The highest BCUT2D eigenvalue weighted by atomic mass is 32.2. The summed E-state index contributed by atoms with van der Waals surface area (Å²) in [6, 6.07) is 2.29. The van der Waals surface area contributed by atoms with Crippen LogP contribution in [0.5, 0.6) is 0 Å². The van der Waals surface area contributed by atoms with Crippen LogP contribution in [0.15, 0.2) is 11.4 Å². The van der Waals surface area contributed by atoms with Gasteiger partial charge in [-0.2, -0.15) is 0 Å². The molecule has 5 heteroatoms. The molecule has 2 aliphatic rings. The number of thiophene rings is 1. The van der Waals surface area contributed by atoms with Gasteiger partial charge in [-0.05, 0) is 35.6 Å².